The molecule has 0 bridgehead atoms. The normalized spacial score (nSPS) is 12.5. The summed E-state index contributed by atoms with van der Waals surface area (Å²) in [5.74, 6) is 0.596. The van der Waals surface area contributed by atoms with E-state index in [0.717, 1.165) is 11.1 Å². The van der Waals surface area contributed by atoms with Gasteiger partial charge in [0.25, 0.3) is 0 Å². The minimum absolute atomic E-state index is 0.102. The summed E-state index contributed by atoms with van der Waals surface area (Å²) < 4.78 is 0. The van der Waals surface area contributed by atoms with Crippen molar-refractivity contribution in [3.05, 3.63) is 35.4 Å². The van der Waals surface area contributed by atoms with Crippen molar-refractivity contribution in [3.63, 3.8) is 0 Å². The summed E-state index contributed by atoms with van der Waals surface area (Å²) in [5.41, 5.74) is 1.90. The Labute approximate surface area is 97.6 Å². The van der Waals surface area contributed by atoms with E-state index < -0.39 is 0 Å². The van der Waals surface area contributed by atoms with Gasteiger partial charge in [-0.25, -0.2) is 0 Å². The summed E-state index contributed by atoms with van der Waals surface area (Å²) >= 11 is 8.90. The van der Waals surface area contributed by atoms with Gasteiger partial charge in [0.2, 0.25) is 0 Å². The van der Waals surface area contributed by atoms with Gasteiger partial charge in [-0.2, -0.15) is 0 Å². The minimum Gasteiger partial charge on any atom is -0.293 e. The molecule has 0 aliphatic heterocycles. The Kier molecular flexibility index (Phi) is 4.63. The molecular weight excluding hydrogens is 263 g/mol. The molecule has 0 heterocycles. The van der Waals surface area contributed by atoms with Crippen LogP contribution in [0.15, 0.2) is 24.3 Å². The summed E-state index contributed by atoms with van der Waals surface area (Å²) in [4.78, 5) is 11.6. The molecule has 0 spiro atoms. The van der Waals surface area contributed by atoms with E-state index in [2.05, 4.69) is 15.9 Å². The Morgan fingerprint density at radius 3 is 2.50 bits per heavy atom. The van der Waals surface area contributed by atoms with Gasteiger partial charge in [-0.15, -0.1) is 11.6 Å². The highest BCUT2D eigenvalue weighted by molar-refractivity contribution is 9.10. The fraction of sp³-hybridized carbons (Fsp3) is 0.364. The third kappa shape index (κ3) is 3.10. The molecule has 1 aromatic carbocycles. The van der Waals surface area contributed by atoms with E-state index in [1.165, 1.54) is 0 Å². The summed E-state index contributed by atoms with van der Waals surface area (Å²) in [5, 5.41) is 0. The van der Waals surface area contributed by atoms with Gasteiger partial charge in [-0.05, 0) is 13.3 Å². The number of rotatable bonds is 4. The molecule has 14 heavy (non-hydrogen) atoms. The van der Waals surface area contributed by atoms with E-state index in [9.17, 15) is 4.79 Å². The van der Waals surface area contributed by atoms with Gasteiger partial charge in [-0.3, -0.25) is 4.79 Å². The second-order valence-corrected chi connectivity index (χ2v) is 4.66. The van der Waals surface area contributed by atoms with Crippen LogP contribution in [0.5, 0.6) is 0 Å². The minimum atomic E-state index is -0.164. The van der Waals surface area contributed by atoms with Gasteiger partial charge in [0.1, 0.15) is 0 Å². The third-order valence-corrected chi connectivity index (χ3v) is 3.08. The number of carbonyl (C=O) groups excluding carboxylic acids is 1. The van der Waals surface area contributed by atoms with Crippen LogP contribution in [0, 0.1) is 6.92 Å². The van der Waals surface area contributed by atoms with Crippen LogP contribution in [0.4, 0.5) is 0 Å². The zero-order valence-corrected chi connectivity index (χ0v) is 10.3. The quantitative estimate of drug-likeness (QED) is 0.606. The Bertz CT molecular complexity index is 308. The average molecular weight is 276 g/mol. The number of hydrogen-bond acceptors (Lipinski definition) is 1. The number of halogens is 2. The van der Waals surface area contributed by atoms with E-state index in [1.54, 1.807) is 0 Å². The molecule has 0 amide bonds. The maximum Gasteiger partial charge on any atom is 0.176 e. The van der Waals surface area contributed by atoms with Crippen molar-refractivity contribution in [1.82, 2.24) is 0 Å². The molecule has 1 nitrogen and oxygen atoms in total. The lowest BCUT2D eigenvalue weighted by Crippen LogP contribution is -2.14. The summed E-state index contributed by atoms with van der Waals surface area (Å²) in [7, 11) is 0. The summed E-state index contributed by atoms with van der Waals surface area (Å²) in [6.45, 7) is 2.00. The summed E-state index contributed by atoms with van der Waals surface area (Å²) in [6.07, 6.45) is 0.661. The third-order valence-electron chi connectivity index (χ3n) is 1.98. The van der Waals surface area contributed by atoms with E-state index in [4.69, 9.17) is 11.6 Å². The molecule has 1 aromatic rings. The number of aryl methyl sites for hydroxylation is 1. The number of hydrogen-bond donors (Lipinski definition) is 0. The van der Waals surface area contributed by atoms with Crippen molar-refractivity contribution in [2.45, 2.75) is 18.2 Å². The molecule has 76 valence electrons. The first-order valence-corrected chi connectivity index (χ1v) is 5.91. The zero-order valence-electron chi connectivity index (χ0n) is 7.97. The Balaban J connectivity index is 2.74. The van der Waals surface area contributed by atoms with Crippen LogP contribution in [0.25, 0.3) is 0 Å². The molecule has 0 fully saturated rings. The predicted molar refractivity (Wildman–Crippen MR) is 63.6 cm³/mol. The Morgan fingerprint density at radius 1 is 1.43 bits per heavy atom. The first-order valence-electron chi connectivity index (χ1n) is 4.46. The highest BCUT2D eigenvalue weighted by Gasteiger charge is 2.15. The molecule has 1 rings (SSSR count). The molecule has 0 aromatic heterocycles. The Hall–Kier alpha value is -0.340. The van der Waals surface area contributed by atoms with Crippen LogP contribution in [0.3, 0.4) is 0 Å². The van der Waals surface area contributed by atoms with Crippen molar-refractivity contribution >= 4 is 33.3 Å². The van der Waals surface area contributed by atoms with Gasteiger partial charge in [0.15, 0.2) is 5.78 Å². The standard InChI is InChI=1S/C11H12BrClO/c1-8-2-4-9(5-3-8)11(14)10(12)6-7-13/h2-5,10H,6-7H2,1H3. The van der Waals surface area contributed by atoms with Gasteiger partial charge in [-0.1, -0.05) is 45.8 Å². The van der Waals surface area contributed by atoms with Crippen molar-refractivity contribution in [2.24, 2.45) is 0 Å². The van der Waals surface area contributed by atoms with Crippen molar-refractivity contribution in [1.29, 1.82) is 0 Å². The van der Waals surface area contributed by atoms with Crippen LogP contribution < -0.4 is 0 Å². The highest BCUT2D eigenvalue weighted by atomic mass is 79.9. The fourth-order valence-electron chi connectivity index (χ4n) is 1.13. The fourth-order valence-corrected chi connectivity index (χ4v) is 2.10. The smallest absolute Gasteiger partial charge is 0.176 e. The number of carbonyl (C=O) groups is 1. The number of Topliss-reactive ketones (excluding diaryl/α,β-unsaturated/α-hetero) is 1. The molecule has 0 saturated carbocycles. The molecule has 1 atom stereocenters. The predicted octanol–water partition coefficient (Wildman–Crippen LogP) is 3.57. The number of ketones is 1. The summed E-state index contributed by atoms with van der Waals surface area (Å²) in [6, 6.07) is 7.57. The number of alkyl halides is 2. The molecule has 0 saturated heterocycles. The Morgan fingerprint density at radius 2 is 2.00 bits per heavy atom. The average Bonchev–Trinajstić information content (AvgIpc) is 2.18. The lowest BCUT2D eigenvalue weighted by molar-refractivity contribution is 0.0990. The maximum absolute atomic E-state index is 11.7. The lowest BCUT2D eigenvalue weighted by atomic mass is 10.1. The molecule has 0 aliphatic rings. The zero-order chi connectivity index (χ0) is 10.6. The van der Waals surface area contributed by atoms with E-state index in [1.807, 2.05) is 31.2 Å². The van der Waals surface area contributed by atoms with Crippen molar-refractivity contribution in [3.8, 4) is 0 Å². The molecular formula is C11H12BrClO. The lowest BCUT2D eigenvalue weighted by Gasteiger charge is -2.06. The van der Waals surface area contributed by atoms with Crippen LogP contribution in [-0.4, -0.2) is 16.5 Å². The van der Waals surface area contributed by atoms with E-state index in [-0.39, 0.29) is 10.6 Å². The van der Waals surface area contributed by atoms with Crippen molar-refractivity contribution in [2.75, 3.05) is 5.88 Å². The molecule has 1 unspecified atom stereocenters. The van der Waals surface area contributed by atoms with Crippen molar-refractivity contribution < 1.29 is 4.79 Å². The topological polar surface area (TPSA) is 17.1 Å². The van der Waals surface area contributed by atoms with Gasteiger partial charge in [0, 0.05) is 11.4 Å². The largest absolute Gasteiger partial charge is 0.293 e. The van der Waals surface area contributed by atoms with Gasteiger partial charge < -0.3 is 0 Å². The first-order chi connectivity index (χ1) is 6.65. The molecule has 0 aliphatic carbocycles. The van der Waals surface area contributed by atoms with E-state index in [0.29, 0.717) is 12.3 Å². The van der Waals surface area contributed by atoms with Crippen LogP contribution >= 0.6 is 27.5 Å². The molecule has 0 N–H and O–H groups in total. The van der Waals surface area contributed by atoms with E-state index >= 15 is 0 Å². The first kappa shape index (κ1) is 11.7. The van der Waals surface area contributed by atoms with Crippen LogP contribution in [-0.2, 0) is 0 Å². The second kappa shape index (κ2) is 5.52. The molecule has 0 radical (unpaired) electrons. The van der Waals surface area contributed by atoms with Crippen LogP contribution in [0.1, 0.15) is 22.3 Å². The maximum atomic E-state index is 11.7. The monoisotopic (exact) mass is 274 g/mol. The second-order valence-electron chi connectivity index (χ2n) is 3.18. The highest BCUT2D eigenvalue weighted by Crippen LogP contribution is 2.14. The van der Waals surface area contributed by atoms with Gasteiger partial charge >= 0.3 is 0 Å². The van der Waals surface area contributed by atoms with Gasteiger partial charge in [0.05, 0.1) is 4.83 Å². The van der Waals surface area contributed by atoms with Crippen LogP contribution in [0.2, 0.25) is 0 Å². The SMILES string of the molecule is Cc1ccc(C(=O)C(Br)CCCl)cc1. The molecule has 3 heteroatoms. The number of benzene rings is 1.